The second-order valence-corrected chi connectivity index (χ2v) is 2.02. The first-order valence-corrected chi connectivity index (χ1v) is 3.20. The van der Waals surface area contributed by atoms with Crippen LogP contribution in [-0.4, -0.2) is 19.8 Å². The van der Waals surface area contributed by atoms with Crippen molar-refractivity contribution in [2.45, 2.75) is 19.0 Å². The van der Waals surface area contributed by atoms with Gasteiger partial charge >= 0.3 is 0 Å². The zero-order valence-corrected chi connectivity index (χ0v) is 5.86. The number of alkyl halides is 1. The summed E-state index contributed by atoms with van der Waals surface area (Å²) >= 11 is 0. The van der Waals surface area contributed by atoms with Crippen LogP contribution >= 0.6 is 0 Å². The van der Waals surface area contributed by atoms with E-state index in [0.29, 0.717) is 13.0 Å². The highest BCUT2D eigenvalue weighted by molar-refractivity contribution is 4.69. The quantitative estimate of drug-likeness (QED) is 0.558. The molecule has 0 spiro atoms. The molecule has 0 saturated carbocycles. The molecule has 0 amide bonds. The van der Waals surface area contributed by atoms with Gasteiger partial charge < -0.3 is 5.32 Å². The normalized spacial score (nSPS) is 13.1. The Hall–Kier alpha value is -0.370. The van der Waals surface area contributed by atoms with E-state index < -0.39 is 6.17 Å². The highest BCUT2D eigenvalue weighted by Crippen LogP contribution is 1.99. The van der Waals surface area contributed by atoms with Gasteiger partial charge in [0.15, 0.2) is 0 Å². The molecular weight excluding hydrogens is 117 g/mol. The Morgan fingerprint density at radius 1 is 1.78 bits per heavy atom. The number of allylic oxidation sites excluding steroid dienone is 1. The Kier molecular flexibility index (Phi) is 5.52. The molecule has 0 saturated heterocycles. The zero-order chi connectivity index (χ0) is 7.11. The largest absolute Gasteiger partial charge is 0.317 e. The van der Waals surface area contributed by atoms with Crippen molar-refractivity contribution < 1.29 is 4.39 Å². The second-order valence-electron chi connectivity index (χ2n) is 2.02. The van der Waals surface area contributed by atoms with Gasteiger partial charge in [0, 0.05) is 6.54 Å². The molecule has 1 N–H and O–H groups in total. The summed E-state index contributed by atoms with van der Waals surface area (Å²) in [6.07, 6.45) is 2.38. The SMILES string of the molecule is C=CCC[C@@H](F)CNC. The van der Waals surface area contributed by atoms with Crippen molar-refractivity contribution in [3.8, 4) is 0 Å². The van der Waals surface area contributed by atoms with E-state index in [1.165, 1.54) is 0 Å². The molecule has 0 aromatic heterocycles. The van der Waals surface area contributed by atoms with Gasteiger partial charge in [0.1, 0.15) is 6.17 Å². The van der Waals surface area contributed by atoms with Crippen molar-refractivity contribution in [3.05, 3.63) is 12.7 Å². The standard InChI is InChI=1S/C7H14FN/c1-3-4-5-7(8)6-9-2/h3,7,9H,1,4-6H2,2H3/t7-/m1/s1. The van der Waals surface area contributed by atoms with Crippen LogP contribution in [0.15, 0.2) is 12.7 Å². The molecule has 0 aliphatic rings. The Morgan fingerprint density at radius 3 is 2.89 bits per heavy atom. The summed E-state index contributed by atoms with van der Waals surface area (Å²) in [5.74, 6) is 0. The van der Waals surface area contributed by atoms with Gasteiger partial charge in [-0.1, -0.05) is 6.08 Å². The molecule has 0 unspecified atom stereocenters. The Labute approximate surface area is 56.0 Å². The third-order valence-electron chi connectivity index (χ3n) is 1.11. The maximum Gasteiger partial charge on any atom is 0.113 e. The van der Waals surface area contributed by atoms with Crippen LogP contribution in [0.5, 0.6) is 0 Å². The minimum atomic E-state index is -0.715. The predicted molar refractivity (Wildman–Crippen MR) is 38.3 cm³/mol. The first-order valence-electron chi connectivity index (χ1n) is 3.20. The van der Waals surface area contributed by atoms with E-state index in [4.69, 9.17) is 0 Å². The summed E-state index contributed by atoms with van der Waals surface area (Å²) in [5, 5.41) is 2.77. The molecule has 0 aliphatic carbocycles. The third-order valence-corrected chi connectivity index (χ3v) is 1.11. The van der Waals surface area contributed by atoms with Crippen LogP contribution in [0.3, 0.4) is 0 Å². The molecule has 1 atom stereocenters. The van der Waals surface area contributed by atoms with Crippen LogP contribution in [0.1, 0.15) is 12.8 Å². The van der Waals surface area contributed by atoms with E-state index in [9.17, 15) is 4.39 Å². The fourth-order valence-electron chi connectivity index (χ4n) is 0.622. The van der Waals surface area contributed by atoms with E-state index in [1.54, 1.807) is 13.1 Å². The van der Waals surface area contributed by atoms with Crippen molar-refractivity contribution in [2.75, 3.05) is 13.6 Å². The molecule has 2 heteroatoms. The average molecular weight is 131 g/mol. The molecule has 0 heterocycles. The van der Waals surface area contributed by atoms with Gasteiger partial charge in [-0.25, -0.2) is 4.39 Å². The smallest absolute Gasteiger partial charge is 0.113 e. The summed E-state index contributed by atoms with van der Waals surface area (Å²) in [7, 11) is 1.75. The fourth-order valence-corrected chi connectivity index (χ4v) is 0.622. The highest BCUT2D eigenvalue weighted by atomic mass is 19.1. The molecule has 1 nitrogen and oxygen atoms in total. The summed E-state index contributed by atoms with van der Waals surface area (Å²) in [5.41, 5.74) is 0. The first-order chi connectivity index (χ1) is 4.31. The lowest BCUT2D eigenvalue weighted by atomic mass is 10.2. The average Bonchev–Trinajstić information content (AvgIpc) is 1.85. The van der Waals surface area contributed by atoms with E-state index in [2.05, 4.69) is 11.9 Å². The van der Waals surface area contributed by atoms with Crippen molar-refractivity contribution >= 4 is 0 Å². The van der Waals surface area contributed by atoms with Gasteiger partial charge in [-0.2, -0.15) is 0 Å². The van der Waals surface area contributed by atoms with Crippen molar-refractivity contribution in [1.82, 2.24) is 5.32 Å². The third kappa shape index (κ3) is 5.50. The number of nitrogens with one attached hydrogen (secondary N) is 1. The van der Waals surface area contributed by atoms with Gasteiger partial charge in [-0.15, -0.1) is 6.58 Å². The fraction of sp³-hybridized carbons (Fsp3) is 0.714. The second kappa shape index (κ2) is 5.76. The molecule has 9 heavy (non-hydrogen) atoms. The van der Waals surface area contributed by atoms with Crippen molar-refractivity contribution in [2.24, 2.45) is 0 Å². The lowest BCUT2D eigenvalue weighted by molar-refractivity contribution is 0.309. The van der Waals surface area contributed by atoms with Crippen molar-refractivity contribution in [3.63, 3.8) is 0 Å². The van der Waals surface area contributed by atoms with E-state index >= 15 is 0 Å². The zero-order valence-electron chi connectivity index (χ0n) is 5.86. The lowest BCUT2D eigenvalue weighted by Gasteiger charge is -2.03. The molecule has 0 rings (SSSR count). The molecule has 0 bridgehead atoms. The maximum atomic E-state index is 12.5. The van der Waals surface area contributed by atoms with Crippen LogP contribution < -0.4 is 5.32 Å². The van der Waals surface area contributed by atoms with Crippen LogP contribution in [-0.2, 0) is 0 Å². The molecule has 0 fully saturated rings. The number of hydrogen-bond acceptors (Lipinski definition) is 1. The maximum absolute atomic E-state index is 12.5. The van der Waals surface area contributed by atoms with Crippen molar-refractivity contribution in [1.29, 1.82) is 0 Å². The number of rotatable bonds is 5. The summed E-state index contributed by atoms with van der Waals surface area (Å²) in [6.45, 7) is 3.96. The van der Waals surface area contributed by atoms with Gasteiger partial charge in [-0.05, 0) is 19.9 Å². The lowest BCUT2D eigenvalue weighted by Crippen LogP contribution is -2.19. The molecular formula is C7H14FN. The van der Waals surface area contributed by atoms with Gasteiger partial charge in [0.25, 0.3) is 0 Å². The summed E-state index contributed by atoms with van der Waals surface area (Å²) in [6, 6.07) is 0. The predicted octanol–water partition coefficient (Wildman–Crippen LogP) is 1.51. The van der Waals surface area contributed by atoms with Gasteiger partial charge in [0.05, 0.1) is 0 Å². The Balaban J connectivity index is 3.04. The van der Waals surface area contributed by atoms with E-state index in [0.717, 1.165) is 6.42 Å². The highest BCUT2D eigenvalue weighted by Gasteiger charge is 2.00. The monoisotopic (exact) mass is 131 g/mol. The molecule has 54 valence electrons. The minimum absolute atomic E-state index is 0.452. The van der Waals surface area contributed by atoms with Gasteiger partial charge in [0.2, 0.25) is 0 Å². The topological polar surface area (TPSA) is 12.0 Å². The number of hydrogen-bond donors (Lipinski definition) is 1. The minimum Gasteiger partial charge on any atom is -0.317 e. The summed E-state index contributed by atoms with van der Waals surface area (Å²) in [4.78, 5) is 0. The Morgan fingerprint density at radius 2 is 2.44 bits per heavy atom. The van der Waals surface area contributed by atoms with Crippen LogP contribution in [0.25, 0.3) is 0 Å². The molecule has 0 aromatic rings. The van der Waals surface area contributed by atoms with Crippen LogP contribution in [0.2, 0.25) is 0 Å². The number of halogens is 1. The molecule has 0 radical (unpaired) electrons. The van der Waals surface area contributed by atoms with Crippen LogP contribution in [0.4, 0.5) is 4.39 Å². The summed E-state index contributed by atoms with van der Waals surface area (Å²) < 4.78 is 12.5. The first kappa shape index (κ1) is 8.63. The molecule has 0 aliphatic heterocycles. The molecule has 0 aromatic carbocycles. The van der Waals surface area contributed by atoms with E-state index in [-0.39, 0.29) is 0 Å². The van der Waals surface area contributed by atoms with E-state index in [1.807, 2.05) is 0 Å². The van der Waals surface area contributed by atoms with Crippen LogP contribution in [0, 0.1) is 0 Å². The van der Waals surface area contributed by atoms with Gasteiger partial charge in [-0.3, -0.25) is 0 Å². The Bertz CT molecular complexity index is 73.3.